The number of phenolic OH excluding ortho intramolecular Hbond substituents is 1. The van der Waals surface area contributed by atoms with Crippen LogP contribution >= 0.6 is 0 Å². The summed E-state index contributed by atoms with van der Waals surface area (Å²) in [6, 6.07) is 5.50. The number of alkyl halides is 3. The maximum absolute atomic E-state index is 12.6. The second kappa shape index (κ2) is 3.90. The summed E-state index contributed by atoms with van der Waals surface area (Å²) in [5.41, 5.74) is -1.34. The quantitative estimate of drug-likeness (QED) is 0.823. The predicted molar refractivity (Wildman–Crippen MR) is 57.6 cm³/mol. The zero-order valence-corrected chi connectivity index (χ0v) is 8.82. The van der Waals surface area contributed by atoms with E-state index < -0.39 is 23.5 Å². The Hall–Kier alpha value is -2.24. The summed E-state index contributed by atoms with van der Waals surface area (Å²) in [5.74, 6) is -2.22. The number of hydrogen-bond acceptors (Lipinski definition) is 2. The zero-order valence-electron chi connectivity index (χ0n) is 8.82. The lowest BCUT2D eigenvalue weighted by Gasteiger charge is -2.11. The van der Waals surface area contributed by atoms with E-state index in [1.54, 1.807) is 0 Å². The normalized spacial score (nSPS) is 11.7. The summed E-state index contributed by atoms with van der Waals surface area (Å²) in [4.78, 5) is 10.9. The molecular weight excluding hydrogens is 249 g/mol. The minimum Gasteiger partial charge on any atom is -0.507 e. The summed E-state index contributed by atoms with van der Waals surface area (Å²) in [5, 5.41) is 18.4. The molecule has 3 nitrogen and oxygen atoms in total. The van der Waals surface area contributed by atoms with Crippen molar-refractivity contribution in [3.8, 4) is 5.75 Å². The largest absolute Gasteiger partial charge is 0.507 e. The fourth-order valence-electron chi connectivity index (χ4n) is 1.76. The highest BCUT2D eigenvalue weighted by Crippen LogP contribution is 2.40. The number of carboxylic acid groups (broad SMARTS) is 1. The molecule has 0 heterocycles. The molecule has 94 valence electrons. The zero-order chi connectivity index (χ0) is 13.5. The number of aromatic hydroxyl groups is 1. The topological polar surface area (TPSA) is 57.5 Å². The van der Waals surface area contributed by atoms with Crippen LogP contribution in [0.25, 0.3) is 10.8 Å². The number of halogens is 3. The third-order valence-electron chi connectivity index (χ3n) is 2.57. The molecule has 0 aliphatic heterocycles. The Labute approximate surface area is 99.1 Å². The lowest BCUT2D eigenvalue weighted by molar-refractivity contribution is -0.138. The average molecular weight is 256 g/mol. The van der Waals surface area contributed by atoms with E-state index in [9.17, 15) is 23.1 Å². The molecule has 18 heavy (non-hydrogen) atoms. The number of benzene rings is 2. The first kappa shape index (κ1) is 12.2. The van der Waals surface area contributed by atoms with Gasteiger partial charge in [0.1, 0.15) is 5.75 Å². The molecule has 0 atom stereocenters. The van der Waals surface area contributed by atoms with Crippen molar-refractivity contribution in [2.24, 2.45) is 0 Å². The van der Waals surface area contributed by atoms with E-state index in [1.165, 1.54) is 18.2 Å². The van der Waals surface area contributed by atoms with Crippen LogP contribution in [0.2, 0.25) is 0 Å². The molecule has 0 saturated carbocycles. The van der Waals surface area contributed by atoms with Crippen LogP contribution in [-0.2, 0) is 6.18 Å². The van der Waals surface area contributed by atoms with Crippen LogP contribution in [0.4, 0.5) is 13.2 Å². The maximum atomic E-state index is 12.6. The Balaban J connectivity index is 2.82. The highest BCUT2D eigenvalue weighted by Gasteiger charge is 2.34. The summed E-state index contributed by atoms with van der Waals surface area (Å²) >= 11 is 0. The van der Waals surface area contributed by atoms with Crippen molar-refractivity contribution in [3.63, 3.8) is 0 Å². The number of hydrogen-bond donors (Lipinski definition) is 2. The van der Waals surface area contributed by atoms with Crippen molar-refractivity contribution in [1.29, 1.82) is 0 Å². The molecule has 2 N–H and O–H groups in total. The molecule has 2 aromatic rings. The highest BCUT2D eigenvalue weighted by atomic mass is 19.4. The Kier molecular flexibility index (Phi) is 2.65. The SMILES string of the molecule is O=C(O)c1cccc2c(O)c(C(F)(F)F)ccc12. The van der Waals surface area contributed by atoms with Gasteiger partial charge >= 0.3 is 12.1 Å². The van der Waals surface area contributed by atoms with Gasteiger partial charge in [0, 0.05) is 5.39 Å². The predicted octanol–water partition coefficient (Wildman–Crippen LogP) is 3.26. The minimum atomic E-state index is -4.68. The number of phenols is 1. The third-order valence-corrected chi connectivity index (χ3v) is 2.57. The van der Waals surface area contributed by atoms with Gasteiger partial charge < -0.3 is 10.2 Å². The fourth-order valence-corrected chi connectivity index (χ4v) is 1.76. The molecule has 0 fully saturated rings. The van der Waals surface area contributed by atoms with Crippen LogP contribution in [0.5, 0.6) is 5.75 Å². The summed E-state index contributed by atoms with van der Waals surface area (Å²) in [6.45, 7) is 0. The fraction of sp³-hybridized carbons (Fsp3) is 0.0833. The van der Waals surface area contributed by atoms with E-state index in [1.807, 2.05) is 0 Å². The van der Waals surface area contributed by atoms with Crippen molar-refractivity contribution in [2.75, 3.05) is 0 Å². The molecule has 0 aliphatic rings. The van der Waals surface area contributed by atoms with Gasteiger partial charge in [0.2, 0.25) is 0 Å². The van der Waals surface area contributed by atoms with Crippen LogP contribution in [0.15, 0.2) is 30.3 Å². The molecule has 0 aromatic heterocycles. The maximum Gasteiger partial charge on any atom is 0.419 e. The molecule has 0 aliphatic carbocycles. The standard InChI is InChI=1S/C12H7F3O3/c13-12(14,15)9-5-4-6-7(10(9)16)2-1-3-8(6)11(17)18/h1-5,16H,(H,17,18). The van der Waals surface area contributed by atoms with E-state index in [0.29, 0.717) is 6.07 Å². The monoisotopic (exact) mass is 256 g/mol. The lowest BCUT2D eigenvalue weighted by atomic mass is 10.0. The number of fused-ring (bicyclic) bond motifs is 1. The second-order valence-electron chi connectivity index (χ2n) is 3.67. The van der Waals surface area contributed by atoms with Gasteiger partial charge in [0.15, 0.2) is 0 Å². The number of rotatable bonds is 1. The van der Waals surface area contributed by atoms with Gasteiger partial charge in [0.05, 0.1) is 11.1 Å². The van der Waals surface area contributed by atoms with Crippen LogP contribution in [0, 0.1) is 0 Å². The first-order valence-corrected chi connectivity index (χ1v) is 4.87. The van der Waals surface area contributed by atoms with Crippen molar-refractivity contribution in [2.45, 2.75) is 6.18 Å². The summed E-state index contributed by atoms with van der Waals surface area (Å²) in [7, 11) is 0. The lowest BCUT2D eigenvalue weighted by Crippen LogP contribution is -2.06. The molecule has 0 radical (unpaired) electrons. The average Bonchev–Trinajstić information content (AvgIpc) is 2.27. The molecule has 6 heteroatoms. The van der Waals surface area contributed by atoms with E-state index in [4.69, 9.17) is 5.11 Å². The minimum absolute atomic E-state index is 0.0653. The number of aromatic carboxylic acids is 1. The van der Waals surface area contributed by atoms with Crippen LogP contribution in [-0.4, -0.2) is 16.2 Å². The first-order chi connectivity index (χ1) is 8.32. The third kappa shape index (κ3) is 1.85. The molecule has 0 bridgehead atoms. The van der Waals surface area contributed by atoms with Crippen LogP contribution < -0.4 is 0 Å². The van der Waals surface area contributed by atoms with Crippen molar-refractivity contribution in [1.82, 2.24) is 0 Å². The molecule has 0 unspecified atom stereocenters. The van der Waals surface area contributed by atoms with Gasteiger partial charge in [-0.05, 0) is 17.5 Å². The van der Waals surface area contributed by atoms with E-state index in [-0.39, 0.29) is 16.3 Å². The van der Waals surface area contributed by atoms with Crippen LogP contribution in [0.3, 0.4) is 0 Å². The Morgan fingerprint density at radius 3 is 2.28 bits per heavy atom. The van der Waals surface area contributed by atoms with Crippen molar-refractivity contribution < 1.29 is 28.2 Å². The molecule has 0 amide bonds. The van der Waals surface area contributed by atoms with E-state index in [2.05, 4.69) is 0 Å². The van der Waals surface area contributed by atoms with Crippen molar-refractivity contribution >= 4 is 16.7 Å². The Bertz CT molecular complexity index is 632. The molecule has 0 spiro atoms. The van der Waals surface area contributed by atoms with Crippen LogP contribution in [0.1, 0.15) is 15.9 Å². The number of carbonyl (C=O) groups is 1. The van der Waals surface area contributed by atoms with Crippen molar-refractivity contribution in [3.05, 3.63) is 41.5 Å². The molecule has 2 rings (SSSR count). The Morgan fingerprint density at radius 2 is 1.72 bits per heavy atom. The molecule has 2 aromatic carbocycles. The second-order valence-corrected chi connectivity index (χ2v) is 3.67. The molecule has 0 saturated heterocycles. The highest BCUT2D eigenvalue weighted by molar-refractivity contribution is 6.05. The Morgan fingerprint density at radius 1 is 1.06 bits per heavy atom. The van der Waals surface area contributed by atoms with Gasteiger partial charge in [-0.15, -0.1) is 0 Å². The van der Waals surface area contributed by atoms with E-state index in [0.717, 1.165) is 6.07 Å². The van der Waals surface area contributed by atoms with E-state index >= 15 is 0 Å². The van der Waals surface area contributed by atoms with Gasteiger partial charge in [0.25, 0.3) is 0 Å². The summed E-state index contributed by atoms with van der Waals surface area (Å²) < 4.78 is 37.7. The van der Waals surface area contributed by atoms with Gasteiger partial charge in [-0.3, -0.25) is 0 Å². The smallest absolute Gasteiger partial charge is 0.419 e. The number of carboxylic acids is 1. The summed E-state index contributed by atoms with van der Waals surface area (Å²) in [6.07, 6.45) is -4.68. The van der Waals surface area contributed by atoms with Gasteiger partial charge in [-0.2, -0.15) is 13.2 Å². The van der Waals surface area contributed by atoms with Gasteiger partial charge in [-0.1, -0.05) is 18.2 Å². The van der Waals surface area contributed by atoms with Gasteiger partial charge in [-0.25, -0.2) is 4.79 Å². The molecular formula is C12H7F3O3. The first-order valence-electron chi connectivity index (χ1n) is 4.87.